The highest BCUT2D eigenvalue weighted by Crippen LogP contribution is 2.40. The maximum absolute atomic E-state index is 14.3. The maximum Gasteiger partial charge on any atom is 0.416 e. The fraction of sp³-hybridized carbons (Fsp3) is 0.630. The smallest absolute Gasteiger partial charge is 0.416 e. The average Bonchev–Trinajstić information content (AvgIpc) is 3.34. The maximum atomic E-state index is 14.3. The first-order valence-corrected chi connectivity index (χ1v) is 13.3. The lowest BCUT2D eigenvalue weighted by molar-refractivity contribution is -0.138. The Hall–Kier alpha value is -2.99. The molecular weight excluding hydrogens is 515 g/mol. The minimum atomic E-state index is -4.59. The summed E-state index contributed by atoms with van der Waals surface area (Å²) >= 11 is 0. The van der Waals surface area contributed by atoms with Crippen LogP contribution in [0.2, 0.25) is 0 Å². The Morgan fingerprint density at radius 3 is 2.56 bits per heavy atom. The molecule has 3 unspecified atom stereocenters. The highest BCUT2D eigenvalue weighted by atomic mass is 19.4. The number of aliphatic hydroxyl groups excluding tert-OH is 1. The Bertz CT molecular complexity index is 1150. The van der Waals surface area contributed by atoms with Crippen LogP contribution >= 0.6 is 0 Å². The number of hydrogen-bond donors (Lipinski definition) is 3. The zero-order valence-electron chi connectivity index (χ0n) is 22.4. The van der Waals surface area contributed by atoms with Gasteiger partial charge >= 0.3 is 6.18 Å². The molecule has 2 aromatic rings. The van der Waals surface area contributed by atoms with Crippen molar-refractivity contribution in [2.24, 2.45) is 5.41 Å². The molecule has 0 bridgehead atoms. The van der Waals surface area contributed by atoms with Crippen LogP contribution in [0.25, 0.3) is 0 Å². The molecule has 0 spiro atoms. The molecule has 3 N–H and O–H groups in total. The number of carbonyl (C=O) groups is 2. The predicted octanol–water partition coefficient (Wildman–Crippen LogP) is 3.40. The molecule has 1 aromatic carbocycles. The number of amides is 1. The molecule has 2 heterocycles. The molecule has 4 rings (SSSR count). The first-order chi connectivity index (χ1) is 18.4. The second-order valence-corrected chi connectivity index (χ2v) is 11.4. The summed E-state index contributed by atoms with van der Waals surface area (Å²) < 4.78 is 47.5. The molecule has 2 aliphatic rings. The van der Waals surface area contributed by atoms with Crippen LogP contribution in [-0.4, -0.2) is 63.1 Å². The van der Waals surface area contributed by atoms with Gasteiger partial charge in [0.2, 0.25) is 5.91 Å². The van der Waals surface area contributed by atoms with Gasteiger partial charge in [0.25, 0.3) is 0 Å². The molecule has 1 amide bonds. The number of nitrogens with zero attached hydrogens (tertiary/aromatic N) is 3. The van der Waals surface area contributed by atoms with Gasteiger partial charge in [-0.2, -0.15) is 13.2 Å². The van der Waals surface area contributed by atoms with E-state index in [9.17, 15) is 27.9 Å². The van der Waals surface area contributed by atoms with Crippen molar-refractivity contribution in [1.82, 2.24) is 25.6 Å². The molecule has 0 radical (unpaired) electrons. The molecule has 1 aliphatic carbocycles. The monoisotopic (exact) mass is 551 g/mol. The van der Waals surface area contributed by atoms with E-state index in [2.05, 4.69) is 20.9 Å². The van der Waals surface area contributed by atoms with Gasteiger partial charge in [-0.15, -0.1) is 5.10 Å². The highest BCUT2D eigenvalue weighted by Gasteiger charge is 2.44. The fourth-order valence-corrected chi connectivity index (χ4v) is 4.96. The first-order valence-electron chi connectivity index (χ1n) is 13.3. The van der Waals surface area contributed by atoms with Gasteiger partial charge in [0, 0.05) is 25.1 Å². The Kier molecular flexibility index (Phi) is 8.65. The number of Topliss-reactive ketones (excluding diaryl/α,β-unsaturated/α-hetero) is 1. The van der Waals surface area contributed by atoms with Gasteiger partial charge < -0.3 is 20.5 Å². The van der Waals surface area contributed by atoms with E-state index in [4.69, 9.17) is 4.74 Å². The molecule has 214 valence electrons. The molecule has 1 aliphatic heterocycles. The number of halogens is 3. The Morgan fingerprint density at radius 2 is 1.97 bits per heavy atom. The van der Waals surface area contributed by atoms with Gasteiger partial charge in [-0.05, 0) is 55.8 Å². The van der Waals surface area contributed by atoms with Gasteiger partial charge in [0.05, 0.1) is 17.3 Å². The van der Waals surface area contributed by atoms with Crippen molar-refractivity contribution < 1.29 is 32.6 Å². The third kappa shape index (κ3) is 7.16. The van der Waals surface area contributed by atoms with Crippen LogP contribution in [0, 0.1) is 5.41 Å². The molecule has 2 fully saturated rings. The molecule has 39 heavy (non-hydrogen) atoms. The zero-order valence-corrected chi connectivity index (χ0v) is 22.4. The van der Waals surface area contributed by atoms with Crippen molar-refractivity contribution in [3.8, 4) is 5.75 Å². The largest absolute Gasteiger partial charge is 0.488 e. The van der Waals surface area contributed by atoms with E-state index in [0.717, 1.165) is 37.1 Å². The second kappa shape index (κ2) is 11.6. The van der Waals surface area contributed by atoms with E-state index in [1.807, 2.05) is 20.8 Å². The SMILES string of the molecule is CC(C)(C)[C@@H](C(=O)C(NC(=O)C1CCCN1)C(CCO)Oc1cccc(C(F)(F)F)c1)n1cc(C2CC2)nn1. The first kappa shape index (κ1) is 29.0. The van der Waals surface area contributed by atoms with Gasteiger partial charge in [-0.3, -0.25) is 9.59 Å². The Morgan fingerprint density at radius 1 is 1.23 bits per heavy atom. The van der Waals surface area contributed by atoms with E-state index in [1.54, 1.807) is 6.20 Å². The van der Waals surface area contributed by atoms with Crippen molar-refractivity contribution >= 4 is 11.7 Å². The van der Waals surface area contributed by atoms with Crippen LogP contribution in [0.1, 0.15) is 76.1 Å². The van der Waals surface area contributed by atoms with E-state index in [1.165, 1.54) is 16.8 Å². The summed E-state index contributed by atoms with van der Waals surface area (Å²) in [6, 6.07) is 1.66. The summed E-state index contributed by atoms with van der Waals surface area (Å²) in [5.74, 6) is -0.666. The van der Waals surface area contributed by atoms with Gasteiger partial charge in [0.15, 0.2) is 5.78 Å². The van der Waals surface area contributed by atoms with Crippen LogP contribution in [0.15, 0.2) is 30.5 Å². The zero-order chi connectivity index (χ0) is 28.4. The van der Waals surface area contributed by atoms with Gasteiger partial charge in [-0.25, -0.2) is 4.68 Å². The lowest BCUT2D eigenvalue weighted by atomic mass is 9.80. The molecule has 1 aromatic heterocycles. The molecule has 1 saturated carbocycles. The van der Waals surface area contributed by atoms with Crippen LogP contribution < -0.4 is 15.4 Å². The average molecular weight is 552 g/mol. The van der Waals surface area contributed by atoms with Crippen molar-refractivity contribution in [2.45, 2.75) is 89.2 Å². The van der Waals surface area contributed by atoms with E-state index in [-0.39, 0.29) is 12.2 Å². The fourth-order valence-electron chi connectivity index (χ4n) is 4.96. The van der Waals surface area contributed by atoms with Crippen molar-refractivity contribution in [2.75, 3.05) is 13.2 Å². The summed E-state index contributed by atoms with van der Waals surface area (Å²) in [6.45, 7) is 5.83. The summed E-state index contributed by atoms with van der Waals surface area (Å²) in [7, 11) is 0. The number of aliphatic hydroxyl groups is 1. The van der Waals surface area contributed by atoms with E-state index >= 15 is 0 Å². The third-order valence-electron chi connectivity index (χ3n) is 7.09. The quantitative estimate of drug-likeness (QED) is 0.392. The molecule has 1 saturated heterocycles. The van der Waals surface area contributed by atoms with Gasteiger partial charge in [-0.1, -0.05) is 32.1 Å². The van der Waals surface area contributed by atoms with Crippen molar-refractivity contribution in [3.05, 3.63) is 41.7 Å². The number of ether oxygens (including phenoxy) is 1. The van der Waals surface area contributed by atoms with E-state index in [0.29, 0.717) is 18.9 Å². The molecule has 4 atom stereocenters. The lowest BCUT2D eigenvalue weighted by Crippen LogP contribution is -2.57. The van der Waals surface area contributed by atoms with Crippen LogP contribution in [0.5, 0.6) is 5.75 Å². The topological polar surface area (TPSA) is 118 Å². The summed E-state index contributed by atoms with van der Waals surface area (Å²) in [5, 5.41) is 24.2. The number of alkyl halides is 3. The lowest BCUT2D eigenvalue weighted by Gasteiger charge is -2.35. The number of hydrogen-bond acceptors (Lipinski definition) is 7. The molecule has 9 nitrogen and oxygen atoms in total. The predicted molar refractivity (Wildman–Crippen MR) is 136 cm³/mol. The van der Waals surface area contributed by atoms with Crippen LogP contribution in [0.4, 0.5) is 13.2 Å². The summed E-state index contributed by atoms with van der Waals surface area (Å²) in [4.78, 5) is 27.5. The summed E-state index contributed by atoms with van der Waals surface area (Å²) in [5.41, 5.74) is -0.785. The Balaban J connectivity index is 1.69. The van der Waals surface area contributed by atoms with Gasteiger partial charge in [0.1, 0.15) is 23.9 Å². The minimum Gasteiger partial charge on any atom is -0.488 e. The molecule has 12 heteroatoms. The number of benzene rings is 1. The number of nitrogens with one attached hydrogen (secondary N) is 2. The number of carbonyl (C=O) groups excluding carboxylic acids is 2. The van der Waals surface area contributed by atoms with Crippen molar-refractivity contribution in [1.29, 1.82) is 0 Å². The van der Waals surface area contributed by atoms with Crippen molar-refractivity contribution in [3.63, 3.8) is 0 Å². The number of aromatic nitrogens is 3. The normalized spacial score (nSPS) is 20.3. The number of rotatable bonds is 11. The van der Waals surface area contributed by atoms with Crippen LogP contribution in [-0.2, 0) is 15.8 Å². The third-order valence-corrected chi connectivity index (χ3v) is 7.09. The minimum absolute atomic E-state index is 0.105. The second-order valence-electron chi connectivity index (χ2n) is 11.4. The van der Waals surface area contributed by atoms with E-state index < -0.39 is 59.7 Å². The standard InChI is InChI=1S/C27H36F3N5O4/c1-26(2,3)24(35-15-20(33-34-35)16-9-10-16)23(37)22(32-25(38)19-8-5-12-31-19)21(11-13-36)39-18-7-4-6-17(14-18)27(28,29)30/h4,6-7,14-16,19,21-22,24,31,36H,5,8-13H2,1-3H3,(H,32,38)/t19?,21?,22?,24-/m1/s1. The Labute approximate surface area is 225 Å². The summed E-state index contributed by atoms with van der Waals surface area (Å²) in [6.07, 6.45) is -0.704. The molecular formula is C27H36F3N5O4. The highest BCUT2D eigenvalue weighted by molar-refractivity contribution is 5.94. The van der Waals surface area contributed by atoms with Crippen LogP contribution in [0.3, 0.4) is 0 Å². The number of ketones is 1.